The van der Waals surface area contributed by atoms with Crippen LogP contribution < -0.4 is 0 Å². The second kappa shape index (κ2) is 6.21. The number of hydrogen-bond donors (Lipinski definition) is 0. The molecular formula is C19H16BrCl. The van der Waals surface area contributed by atoms with Gasteiger partial charge >= 0.3 is 0 Å². The molecule has 0 aliphatic rings. The topological polar surface area (TPSA) is 0 Å². The Balaban J connectivity index is 2.08. The maximum Gasteiger partial charge on any atom is 0.0841 e. The molecular weight excluding hydrogens is 344 g/mol. The van der Waals surface area contributed by atoms with E-state index < -0.39 is 0 Å². The molecule has 0 aliphatic carbocycles. The Hall–Kier alpha value is -1.31. The first-order valence-corrected chi connectivity index (χ1v) is 8.33. The second-order valence-electron chi connectivity index (χ2n) is 5.14. The third-order valence-corrected chi connectivity index (χ3v) is 5.04. The highest BCUT2D eigenvalue weighted by Crippen LogP contribution is 2.36. The molecule has 0 N–H and O–H groups in total. The van der Waals surface area contributed by atoms with Crippen molar-refractivity contribution < 1.29 is 0 Å². The third-order valence-electron chi connectivity index (χ3n) is 3.86. The molecule has 3 aromatic carbocycles. The highest BCUT2D eigenvalue weighted by Gasteiger charge is 2.14. The van der Waals surface area contributed by atoms with Crippen molar-refractivity contribution in [1.29, 1.82) is 0 Å². The minimum atomic E-state index is -0.131. The van der Waals surface area contributed by atoms with Gasteiger partial charge in [-0.15, -0.1) is 11.6 Å². The summed E-state index contributed by atoms with van der Waals surface area (Å²) < 4.78 is 1.10. The van der Waals surface area contributed by atoms with E-state index in [9.17, 15) is 0 Å². The van der Waals surface area contributed by atoms with E-state index in [1.165, 1.54) is 16.3 Å². The van der Waals surface area contributed by atoms with Gasteiger partial charge < -0.3 is 0 Å². The summed E-state index contributed by atoms with van der Waals surface area (Å²) in [6.07, 6.45) is 1.05. The van der Waals surface area contributed by atoms with Crippen molar-refractivity contribution in [1.82, 2.24) is 0 Å². The van der Waals surface area contributed by atoms with Crippen molar-refractivity contribution in [2.75, 3.05) is 0 Å². The smallest absolute Gasteiger partial charge is 0.0841 e. The standard InChI is InChI=1S/C19H16BrCl/c1-2-13-7-9-14(10-8-13)19(21)17-11-12-18(20)16-6-4-3-5-15(16)17/h3-12,19H,2H2,1H3. The minimum absolute atomic E-state index is 0.131. The van der Waals surface area contributed by atoms with Crippen molar-refractivity contribution in [3.8, 4) is 0 Å². The van der Waals surface area contributed by atoms with Crippen LogP contribution in [0.1, 0.15) is 29.0 Å². The second-order valence-corrected chi connectivity index (χ2v) is 6.43. The van der Waals surface area contributed by atoms with Crippen LogP contribution in [-0.2, 0) is 6.42 Å². The van der Waals surface area contributed by atoms with Crippen molar-refractivity contribution in [3.63, 3.8) is 0 Å². The van der Waals surface area contributed by atoms with Crippen LogP contribution in [0.3, 0.4) is 0 Å². The lowest BCUT2D eigenvalue weighted by molar-refractivity contribution is 1.11. The maximum atomic E-state index is 6.74. The van der Waals surface area contributed by atoms with Gasteiger partial charge in [0.05, 0.1) is 5.38 Å². The predicted octanol–water partition coefficient (Wildman–Crippen LogP) is 6.49. The highest BCUT2D eigenvalue weighted by atomic mass is 79.9. The molecule has 0 spiro atoms. The van der Waals surface area contributed by atoms with Gasteiger partial charge in [-0.3, -0.25) is 0 Å². The molecule has 0 aromatic heterocycles. The van der Waals surface area contributed by atoms with Crippen molar-refractivity contribution >= 4 is 38.3 Å². The van der Waals surface area contributed by atoms with E-state index >= 15 is 0 Å². The van der Waals surface area contributed by atoms with Crippen LogP contribution in [0.4, 0.5) is 0 Å². The maximum absolute atomic E-state index is 6.74. The van der Waals surface area contributed by atoms with Crippen LogP contribution in [0.15, 0.2) is 65.1 Å². The quantitative estimate of drug-likeness (QED) is 0.469. The van der Waals surface area contributed by atoms with Gasteiger partial charge in [-0.05, 0) is 39.9 Å². The van der Waals surface area contributed by atoms with E-state index in [2.05, 4.69) is 83.5 Å². The highest BCUT2D eigenvalue weighted by molar-refractivity contribution is 9.10. The number of hydrogen-bond acceptors (Lipinski definition) is 0. The molecule has 0 radical (unpaired) electrons. The lowest BCUT2D eigenvalue weighted by atomic mass is 9.97. The van der Waals surface area contributed by atoms with Gasteiger partial charge in [0.15, 0.2) is 0 Å². The molecule has 0 amide bonds. The molecule has 2 heteroatoms. The van der Waals surface area contributed by atoms with E-state index in [1.807, 2.05) is 0 Å². The molecule has 21 heavy (non-hydrogen) atoms. The Labute approximate surface area is 138 Å². The lowest BCUT2D eigenvalue weighted by Crippen LogP contribution is -1.95. The number of rotatable bonds is 3. The molecule has 0 heterocycles. The summed E-state index contributed by atoms with van der Waals surface area (Å²) in [7, 11) is 0. The van der Waals surface area contributed by atoms with Gasteiger partial charge in [0.1, 0.15) is 0 Å². The van der Waals surface area contributed by atoms with Crippen molar-refractivity contribution in [2.45, 2.75) is 18.7 Å². The van der Waals surface area contributed by atoms with Crippen LogP contribution in [-0.4, -0.2) is 0 Å². The summed E-state index contributed by atoms with van der Waals surface area (Å²) in [6.45, 7) is 2.16. The van der Waals surface area contributed by atoms with Gasteiger partial charge in [0, 0.05) is 4.47 Å². The van der Waals surface area contributed by atoms with Gasteiger partial charge in [0.2, 0.25) is 0 Å². The Morgan fingerprint density at radius 1 is 0.905 bits per heavy atom. The van der Waals surface area contributed by atoms with Gasteiger partial charge in [-0.1, -0.05) is 77.5 Å². The Kier molecular flexibility index (Phi) is 4.32. The summed E-state index contributed by atoms with van der Waals surface area (Å²) in [5.74, 6) is 0. The monoisotopic (exact) mass is 358 g/mol. The molecule has 106 valence electrons. The van der Waals surface area contributed by atoms with Crippen LogP contribution in [0.25, 0.3) is 10.8 Å². The largest absolute Gasteiger partial charge is 0.113 e. The van der Waals surface area contributed by atoms with E-state index in [-0.39, 0.29) is 5.38 Å². The lowest BCUT2D eigenvalue weighted by Gasteiger charge is -2.14. The van der Waals surface area contributed by atoms with E-state index in [4.69, 9.17) is 11.6 Å². The van der Waals surface area contributed by atoms with Crippen LogP contribution in [0.5, 0.6) is 0 Å². The Morgan fingerprint density at radius 2 is 1.57 bits per heavy atom. The number of benzene rings is 3. The summed E-state index contributed by atoms with van der Waals surface area (Å²) in [6, 6.07) is 21.1. The predicted molar refractivity (Wildman–Crippen MR) is 95.2 cm³/mol. The Morgan fingerprint density at radius 3 is 2.24 bits per heavy atom. The van der Waals surface area contributed by atoms with Crippen LogP contribution >= 0.6 is 27.5 Å². The van der Waals surface area contributed by atoms with Crippen molar-refractivity contribution in [3.05, 3.63) is 81.8 Å². The normalized spacial score (nSPS) is 12.5. The van der Waals surface area contributed by atoms with Crippen LogP contribution in [0.2, 0.25) is 0 Å². The van der Waals surface area contributed by atoms with E-state index in [1.54, 1.807) is 0 Å². The van der Waals surface area contributed by atoms with Gasteiger partial charge in [-0.25, -0.2) is 0 Å². The molecule has 0 nitrogen and oxygen atoms in total. The summed E-state index contributed by atoms with van der Waals surface area (Å²) in [5, 5.41) is 2.27. The SMILES string of the molecule is CCc1ccc(C(Cl)c2ccc(Br)c3ccccc23)cc1. The zero-order valence-electron chi connectivity index (χ0n) is 11.8. The summed E-state index contributed by atoms with van der Waals surface area (Å²) in [4.78, 5) is 0. The fraction of sp³-hybridized carbons (Fsp3) is 0.158. The molecule has 1 unspecified atom stereocenters. The first-order chi connectivity index (χ1) is 10.2. The first-order valence-electron chi connectivity index (χ1n) is 7.10. The van der Waals surface area contributed by atoms with Gasteiger partial charge in [0.25, 0.3) is 0 Å². The molecule has 3 aromatic rings. The molecule has 0 fully saturated rings. The van der Waals surface area contributed by atoms with Crippen molar-refractivity contribution in [2.24, 2.45) is 0 Å². The number of halogens is 2. The fourth-order valence-electron chi connectivity index (χ4n) is 2.61. The molecule has 0 saturated carbocycles. The first kappa shape index (κ1) is 14.6. The van der Waals surface area contributed by atoms with E-state index in [0.717, 1.165) is 22.0 Å². The summed E-state index contributed by atoms with van der Waals surface area (Å²) in [5.41, 5.74) is 3.63. The molecule has 0 bridgehead atoms. The van der Waals surface area contributed by atoms with Gasteiger partial charge in [-0.2, -0.15) is 0 Å². The zero-order chi connectivity index (χ0) is 14.8. The molecule has 0 aliphatic heterocycles. The molecule has 1 atom stereocenters. The molecule has 3 rings (SSSR count). The Bertz CT molecular complexity index is 762. The average Bonchev–Trinajstić information content (AvgIpc) is 2.55. The zero-order valence-corrected chi connectivity index (χ0v) is 14.2. The number of fused-ring (bicyclic) bond motifs is 1. The third kappa shape index (κ3) is 2.86. The number of alkyl halides is 1. The fourth-order valence-corrected chi connectivity index (χ4v) is 3.42. The summed E-state index contributed by atoms with van der Waals surface area (Å²) >= 11 is 10.4. The average molecular weight is 360 g/mol. The minimum Gasteiger partial charge on any atom is -0.113 e. The molecule has 0 saturated heterocycles. The number of aryl methyl sites for hydroxylation is 1. The van der Waals surface area contributed by atoms with E-state index in [0.29, 0.717) is 0 Å². The van der Waals surface area contributed by atoms with Crippen LogP contribution in [0, 0.1) is 0 Å².